The summed E-state index contributed by atoms with van der Waals surface area (Å²) in [5.74, 6) is -1.05. The van der Waals surface area contributed by atoms with Crippen LogP contribution in [0.15, 0.2) is 17.4 Å². The van der Waals surface area contributed by atoms with Gasteiger partial charge in [0.15, 0.2) is 5.69 Å². The van der Waals surface area contributed by atoms with Crippen molar-refractivity contribution in [3.63, 3.8) is 0 Å². The first kappa shape index (κ1) is 11.0. The lowest BCUT2D eigenvalue weighted by molar-refractivity contribution is 0.0689. The van der Waals surface area contributed by atoms with Gasteiger partial charge in [-0.3, -0.25) is 4.98 Å². The third kappa shape index (κ3) is 3.33. The van der Waals surface area contributed by atoms with Crippen molar-refractivity contribution in [3.05, 3.63) is 18.1 Å². The lowest BCUT2D eigenvalue weighted by atomic mass is 10.3. The zero-order valence-electron chi connectivity index (χ0n) is 8.31. The van der Waals surface area contributed by atoms with Crippen LogP contribution in [0.4, 0.5) is 0 Å². The van der Waals surface area contributed by atoms with E-state index in [1.165, 1.54) is 18.0 Å². The van der Waals surface area contributed by atoms with Gasteiger partial charge in [0, 0.05) is 4.75 Å². The maximum Gasteiger partial charge on any atom is 0.356 e. The molecule has 0 aromatic carbocycles. The molecule has 0 atom stereocenters. The number of carbonyl (C=O) groups is 1. The summed E-state index contributed by atoms with van der Waals surface area (Å²) in [4.78, 5) is 18.4. The standard InChI is InChI=1S/C9H12N2O2S/c1-9(2,3)14-7-5-10-4-6(11-7)8(12)13/h4-5H,1-3H3,(H,12,13). The highest BCUT2D eigenvalue weighted by atomic mass is 32.2. The molecule has 1 aromatic heterocycles. The molecule has 0 aliphatic rings. The third-order valence-corrected chi connectivity index (χ3v) is 2.26. The van der Waals surface area contributed by atoms with E-state index in [4.69, 9.17) is 5.11 Å². The zero-order valence-corrected chi connectivity index (χ0v) is 9.13. The van der Waals surface area contributed by atoms with Gasteiger partial charge in [-0.25, -0.2) is 9.78 Å². The number of rotatable bonds is 2. The van der Waals surface area contributed by atoms with Crippen LogP contribution in [0.5, 0.6) is 0 Å². The van der Waals surface area contributed by atoms with E-state index in [2.05, 4.69) is 9.97 Å². The Hall–Kier alpha value is -1.10. The van der Waals surface area contributed by atoms with Gasteiger partial charge < -0.3 is 5.11 Å². The quantitative estimate of drug-likeness (QED) is 0.760. The van der Waals surface area contributed by atoms with Crippen LogP contribution in [0.25, 0.3) is 0 Å². The molecular formula is C9H12N2O2S. The minimum atomic E-state index is -1.05. The van der Waals surface area contributed by atoms with E-state index in [0.717, 1.165) is 0 Å². The van der Waals surface area contributed by atoms with E-state index in [0.29, 0.717) is 5.03 Å². The van der Waals surface area contributed by atoms with Crippen molar-refractivity contribution in [2.45, 2.75) is 30.5 Å². The van der Waals surface area contributed by atoms with Crippen molar-refractivity contribution in [1.29, 1.82) is 0 Å². The fourth-order valence-corrected chi connectivity index (χ4v) is 1.70. The van der Waals surface area contributed by atoms with Crippen molar-refractivity contribution >= 4 is 17.7 Å². The largest absolute Gasteiger partial charge is 0.476 e. The number of aromatic carboxylic acids is 1. The fourth-order valence-electron chi connectivity index (χ4n) is 0.814. The average molecular weight is 212 g/mol. The van der Waals surface area contributed by atoms with Crippen LogP contribution in [0.1, 0.15) is 31.3 Å². The molecule has 0 radical (unpaired) electrons. The monoisotopic (exact) mass is 212 g/mol. The Labute approximate surface area is 86.8 Å². The first-order valence-electron chi connectivity index (χ1n) is 4.13. The molecule has 0 saturated carbocycles. The summed E-state index contributed by atoms with van der Waals surface area (Å²) in [6, 6.07) is 0. The summed E-state index contributed by atoms with van der Waals surface area (Å²) >= 11 is 1.50. The van der Waals surface area contributed by atoms with Gasteiger partial charge in [0.25, 0.3) is 0 Å². The Kier molecular flexibility index (Phi) is 3.10. The van der Waals surface area contributed by atoms with E-state index < -0.39 is 5.97 Å². The molecule has 0 fully saturated rings. The minimum Gasteiger partial charge on any atom is -0.476 e. The van der Waals surface area contributed by atoms with Crippen molar-refractivity contribution in [1.82, 2.24) is 9.97 Å². The molecule has 76 valence electrons. The van der Waals surface area contributed by atoms with Gasteiger partial charge in [-0.1, -0.05) is 32.5 Å². The Balaban J connectivity index is 2.89. The molecule has 0 bridgehead atoms. The molecule has 1 heterocycles. The highest BCUT2D eigenvalue weighted by Crippen LogP contribution is 2.29. The summed E-state index contributed by atoms with van der Waals surface area (Å²) in [7, 11) is 0. The third-order valence-electron chi connectivity index (χ3n) is 1.24. The second-order valence-electron chi connectivity index (χ2n) is 3.76. The van der Waals surface area contributed by atoms with Gasteiger partial charge in [0.05, 0.1) is 12.4 Å². The molecular weight excluding hydrogens is 200 g/mol. The summed E-state index contributed by atoms with van der Waals surface area (Å²) in [6.07, 6.45) is 2.82. The summed E-state index contributed by atoms with van der Waals surface area (Å²) in [6.45, 7) is 6.10. The molecule has 5 heteroatoms. The molecule has 0 aliphatic heterocycles. The predicted octanol–water partition coefficient (Wildman–Crippen LogP) is 2.07. The molecule has 1 aromatic rings. The molecule has 0 unspecified atom stereocenters. The van der Waals surface area contributed by atoms with Crippen molar-refractivity contribution in [2.24, 2.45) is 0 Å². The van der Waals surface area contributed by atoms with Crippen LogP contribution in [-0.4, -0.2) is 25.8 Å². The van der Waals surface area contributed by atoms with Crippen molar-refractivity contribution in [3.8, 4) is 0 Å². The average Bonchev–Trinajstić information content (AvgIpc) is 2.01. The molecule has 0 saturated heterocycles. The van der Waals surface area contributed by atoms with Crippen LogP contribution in [0, 0.1) is 0 Å². The SMILES string of the molecule is CC(C)(C)Sc1cncc(C(=O)O)n1. The summed E-state index contributed by atoms with van der Waals surface area (Å²) < 4.78 is 0.00576. The normalized spacial score (nSPS) is 11.4. The lowest BCUT2D eigenvalue weighted by Gasteiger charge is -2.16. The van der Waals surface area contributed by atoms with Crippen LogP contribution >= 0.6 is 11.8 Å². The molecule has 0 amide bonds. The topological polar surface area (TPSA) is 63.1 Å². The van der Waals surface area contributed by atoms with Crippen LogP contribution in [-0.2, 0) is 0 Å². The Bertz CT molecular complexity index is 347. The molecule has 14 heavy (non-hydrogen) atoms. The minimum absolute atomic E-state index is 0.00576. The summed E-state index contributed by atoms with van der Waals surface area (Å²) in [5, 5.41) is 9.33. The molecule has 0 spiro atoms. The van der Waals surface area contributed by atoms with Crippen molar-refractivity contribution < 1.29 is 9.90 Å². The lowest BCUT2D eigenvalue weighted by Crippen LogP contribution is -2.09. The second-order valence-corrected chi connectivity index (χ2v) is 5.61. The van der Waals surface area contributed by atoms with Gasteiger partial charge in [0.2, 0.25) is 0 Å². The van der Waals surface area contributed by atoms with Crippen LogP contribution in [0.2, 0.25) is 0 Å². The zero-order chi connectivity index (χ0) is 10.8. The molecule has 1 rings (SSSR count). The molecule has 1 N–H and O–H groups in total. The number of carboxylic acid groups (broad SMARTS) is 1. The van der Waals surface area contributed by atoms with E-state index in [1.54, 1.807) is 6.20 Å². The number of hydrogen-bond acceptors (Lipinski definition) is 4. The maximum absolute atomic E-state index is 10.6. The highest BCUT2D eigenvalue weighted by molar-refractivity contribution is 8.00. The fraction of sp³-hybridized carbons (Fsp3) is 0.444. The molecule has 0 aliphatic carbocycles. The Morgan fingerprint density at radius 2 is 2.07 bits per heavy atom. The number of thioether (sulfide) groups is 1. The predicted molar refractivity (Wildman–Crippen MR) is 54.6 cm³/mol. The highest BCUT2D eigenvalue weighted by Gasteiger charge is 2.14. The summed E-state index contributed by atoms with van der Waals surface area (Å²) in [5.41, 5.74) is -0.0146. The van der Waals surface area contributed by atoms with Crippen molar-refractivity contribution in [2.75, 3.05) is 0 Å². The number of nitrogens with zero attached hydrogens (tertiary/aromatic N) is 2. The Morgan fingerprint density at radius 1 is 1.43 bits per heavy atom. The smallest absolute Gasteiger partial charge is 0.356 e. The second kappa shape index (κ2) is 3.96. The van der Waals surface area contributed by atoms with E-state index in [-0.39, 0.29) is 10.4 Å². The number of hydrogen-bond donors (Lipinski definition) is 1. The van der Waals surface area contributed by atoms with E-state index in [9.17, 15) is 4.79 Å². The number of carboxylic acids is 1. The maximum atomic E-state index is 10.6. The molecule has 4 nitrogen and oxygen atoms in total. The van der Waals surface area contributed by atoms with Gasteiger partial charge >= 0.3 is 5.97 Å². The van der Waals surface area contributed by atoms with Gasteiger partial charge in [0.1, 0.15) is 5.03 Å². The van der Waals surface area contributed by atoms with Crippen LogP contribution in [0.3, 0.4) is 0 Å². The Morgan fingerprint density at radius 3 is 2.57 bits per heavy atom. The van der Waals surface area contributed by atoms with Gasteiger partial charge in [-0.15, -0.1) is 0 Å². The first-order chi connectivity index (χ1) is 6.38. The van der Waals surface area contributed by atoms with Gasteiger partial charge in [-0.2, -0.15) is 0 Å². The first-order valence-corrected chi connectivity index (χ1v) is 4.94. The van der Waals surface area contributed by atoms with E-state index in [1.807, 2.05) is 20.8 Å². The van der Waals surface area contributed by atoms with Crippen LogP contribution < -0.4 is 0 Å². The van der Waals surface area contributed by atoms with E-state index >= 15 is 0 Å². The number of aromatic nitrogens is 2. The van der Waals surface area contributed by atoms with Gasteiger partial charge in [-0.05, 0) is 0 Å².